The molecule has 2 aromatic carbocycles. The van der Waals surface area contributed by atoms with Crippen molar-refractivity contribution in [2.75, 3.05) is 0 Å². The number of ketones is 2. The molecular weight excluding hydrogens is 571 g/mol. The van der Waals surface area contributed by atoms with Crippen LogP contribution in [-0.2, 0) is 19.2 Å². The molecule has 0 saturated heterocycles. The van der Waals surface area contributed by atoms with Crippen LogP contribution in [0.15, 0.2) is 36.4 Å². The second-order valence-electron chi connectivity index (χ2n) is 11.8. The van der Waals surface area contributed by atoms with Crippen molar-refractivity contribution in [1.82, 2.24) is 9.97 Å². The molecule has 0 radical (unpaired) electrons. The number of halogens is 1. The van der Waals surface area contributed by atoms with Crippen LogP contribution in [0.5, 0.6) is 11.5 Å². The molecule has 0 unspecified atom stereocenters. The van der Waals surface area contributed by atoms with E-state index in [9.17, 15) is 23.6 Å². The van der Waals surface area contributed by atoms with E-state index in [-0.39, 0.29) is 58.7 Å². The van der Waals surface area contributed by atoms with Crippen LogP contribution in [0.3, 0.4) is 0 Å². The van der Waals surface area contributed by atoms with Gasteiger partial charge >= 0.3 is 11.9 Å². The molecule has 0 atom stereocenters. The van der Waals surface area contributed by atoms with Crippen molar-refractivity contribution < 1.29 is 33.0 Å². The van der Waals surface area contributed by atoms with E-state index in [1.165, 1.54) is 23.5 Å². The number of hydrogen-bond acceptors (Lipinski definition) is 8. The van der Waals surface area contributed by atoms with Crippen LogP contribution in [0, 0.1) is 29.5 Å². The number of benzene rings is 2. The van der Waals surface area contributed by atoms with Gasteiger partial charge in [0.1, 0.15) is 32.6 Å². The summed E-state index contributed by atoms with van der Waals surface area (Å²) in [7, 11) is 0. The van der Waals surface area contributed by atoms with Crippen LogP contribution in [0.4, 0.5) is 4.39 Å². The summed E-state index contributed by atoms with van der Waals surface area (Å²) in [5, 5.41) is 1.26. The lowest BCUT2D eigenvalue weighted by Gasteiger charge is -2.25. The first-order valence-electron chi connectivity index (χ1n) is 14.8. The molecule has 6 rings (SSSR count). The number of nitrogens with one attached hydrogen (secondary N) is 1. The molecule has 2 heterocycles. The maximum absolute atomic E-state index is 13.8. The number of ether oxygens (including phenoxy) is 2. The molecule has 2 saturated carbocycles. The van der Waals surface area contributed by atoms with Crippen molar-refractivity contribution in [1.29, 1.82) is 0 Å². The molecule has 8 nitrogen and oxygen atoms in total. The van der Waals surface area contributed by atoms with Crippen LogP contribution in [0.25, 0.3) is 31.8 Å². The number of rotatable bonds is 7. The van der Waals surface area contributed by atoms with E-state index >= 15 is 0 Å². The third kappa shape index (κ3) is 6.11. The van der Waals surface area contributed by atoms with E-state index in [4.69, 9.17) is 14.5 Å². The highest BCUT2D eigenvalue weighted by Crippen LogP contribution is 2.42. The van der Waals surface area contributed by atoms with Gasteiger partial charge in [-0.3, -0.25) is 19.2 Å². The minimum Gasteiger partial charge on any atom is -0.425 e. The van der Waals surface area contributed by atoms with Gasteiger partial charge in [-0.2, -0.15) is 0 Å². The van der Waals surface area contributed by atoms with Crippen molar-refractivity contribution in [3.8, 4) is 22.2 Å². The minimum atomic E-state index is -0.370. The summed E-state index contributed by atoms with van der Waals surface area (Å²) >= 11 is 1.28. The summed E-state index contributed by atoms with van der Waals surface area (Å²) in [6, 6.07) is 9.49. The van der Waals surface area contributed by atoms with E-state index < -0.39 is 0 Å². The molecule has 0 bridgehead atoms. The fraction of sp³-hybridized carbons (Fsp3) is 0.424. The highest BCUT2D eigenvalue weighted by Gasteiger charge is 2.32. The Kier molecular flexibility index (Phi) is 8.13. The van der Waals surface area contributed by atoms with Crippen LogP contribution in [0.1, 0.15) is 65.2 Å². The molecule has 2 aliphatic rings. The Bertz CT molecular complexity index is 1640. The van der Waals surface area contributed by atoms with E-state index in [0.717, 1.165) is 5.52 Å². The largest absolute Gasteiger partial charge is 0.425 e. The Balaban J connectivity index is 1.29. The van der Waals surface area contributed by atoms with Gasteiger partial charge in [-0.15, -0.1) is 11.3 Å². The Labute approximate surface area is 252 Å². The van der Waals surface area contributed by atoms with Gasteiger partial charge in [0.25, 0.3) is 0 Å². The van der Waals surface area contributed by atoms with Gasteiger partial charge in [0, 0.05) is 22.7 Å². The molecule has 2 fully saturated rings. The van der Waals surface area contributed by atoms with Crippen molar-refractivity contribution >= 4 is 56.0 Å². The van der Waals surface area contributed by atoms with Crippen LogP contribution in [0.2, 0.25) is 0 Å². The number of aromatic amines is 1. The van der Waals surface area contributed by atoms with Gasteiger partial charge in [0.2, 0.25) is 0 Å². The van der Waals surface area contributed by atoms with E-state index in [0.29, 0.717) is 83.4 Å². The normalized spacial score (nSPS) is 22.4. The quantitative estimate of drug-likeness (QED) is 0.175. The van der Waals surface area contributed by atoms with Gasteiger partial charge < -0.3 is 14.5 Å². The Morgan fingerprint density at radius 2 is 1.30 bits per heavy atom. The third-order valence-electron chi connectivity index (χ3n) is 8.98. The highest BCUT2D eigenvalue weighted by molar-refractivity contribution is 7.22. The van der Waals surface area contributed by atoms with Crippen LogP contribution >= 0.6 is 11.3 Å². The second kappa shape index (κ2) is 12.0. The lowest BCUT2D eigenvalue weighted by Crippen LogP contribution is -2.28. The number of H-pyrrole nitrogens is 1. The predicted octanol–water partition coefficient (Wildman–Crippen LogP) is 7.19. The number of fused-ring (bicyclic) bond motifs is 2. The van der Waals surface area contributed by atoms with E-state index in [1.807, 2.05) is 0 Å². The second-order valence-corrected chi connectivity index (χ2v) is 12.8. The number of thiazole rings is 1. The molecular formula is C33H33FN2O6S. The number of Topliss-reactive ketones (excluding diaryl/α,β-unsaturated/α-hetero) is 2. The number of nitrogens with zero attached hydrogens (tertiary/aromatic N) is 1. The fourth-order valence-electron chi connectivity index (χ4n) is 6.31. The maximum atomic E-state index is 13.8. The standard InChI is InChI=1S/C33H33FN2O6S/c1-17(37)19-3-7-21(8-4-19)32(39)41-27-13-14-28(42-33(40)22-9-5-20(6-10-22)18(2)38)30-29(27)36-31(43-30)26-16-23-15-24(34)11-12-25(23)35-26/h11-16,19-22,35H,3-10H2,1-2H3. The number of esters is 2. The molecule has 4 aromatic rings. The molecule has 224 valence electrons. The zero-order chi connectivity index (χ0) is 30.2. The zero-order valence-electron chi connectivity index (χ0n) is 24.1. The highest BCUT2D eigenvalue weighted by atomic mass is 32.1. The molecule has 2 aromatic heterocycles. The molecule has 0 spiro atoms. The Hall–Kier alpha value is -3.92. The summed E-state index contributed by atoms with van der Waals surface area (Å²) in [4.78, 5) is 57.9. The molecule has 2 aliphatic carbocycles. The third-order valence-corrected chi connectivity index (χ3v) is 10.1. The van der Waals surface area contributed by atoms with Crippen molar-refractivity contribution in [3.05, 3.63) is 42.2 Å². The van der Waals surface area contributed by atoms with Gasteiger partial charge in [-0.1, -0.05) is 0 Å². The first kappa shape index (κ1) is 29.2. The number of aromatic nitrogens is 2. The Morgan fingerprint density at radius 1 is 0.767 bits per heavy atom. The number of hydrogen-bond donors (Lipinski definition) is 1. The maximum Gasteiger partial charge on any atom is 0.314 e. The number of carbonyl (C=O) groups excluding carboxylic acids is 4. The first-order chi connectivity index (χ1) is 20.7. The van der Waals surface area contributed by atoms with E-state index in [1.54, 1.807) is 38.1 Å². The van der Waals surface area contributed by atoms with Crippen molar-refractivity contribution in [2.45, 2.75) is 65.2 Å². The summed E-state index contributed by atoms with van der Waals surface area (Å²) in [6.45, 7) is 3.19. The summed E-state index contributed by atoms with van der Waals surface area (Å²) in [5.41, 5.74) is 1.79. The molecule has 0 aliphatic heterocycles. The molecule has 10 heteroatoms. The lowest BCUT2D eigenvalue weighted by atomic mass is 9.80. The minimum absolute atomic E-state index is 0.00363. The van der Waals surface area contributed by atoms with Gasteiger partial charge in [0.15, 0.2) is 11.5 Å². The van der Waals surface area contributed by atoms with E-state index in [2.05, 4.69) is 4.98 Å². The summed E-state index contributed by atoms with van der Waals surface area (Å²) < 4.78 is 26.2. The molecule has 0 amide bonds. The zero-order valence-corrected chi connectivity index (χ0v) is 24.9. The van der Waals surface area contributed by atoms with Gasteiger partial charge in [-0.25, -0.2) is 9.37 Å². The molecule has 43 heavy (non-hydrogen) atoms. The lowest BCUT2D eigenvalue weighted by molar-refractivity contribution is -0.141. The number of carbonyl (C=O) groups is 4. The van der Waals surface area contributed by atoms with Crippen molar-refractivity contribution in [2.24, 2.45) is 23.7 Å². The van der Waals surface area contributed by atoms with Crippen LogP contribution < -0.4 is 9.47 Å². The van der Waals surface area contributed by atoms with Crippen LogP contribution in [-0.4, -0.2) is 33.5 Å². The fourth-order valence-corrected chi connectivity index (χ4v) is 7.31. The first-order valence-corrected chi connectivity index (χ1v) is 15.6. The van der Waals surface area contributed by atoms with Gasteiger partial charge in [0.05, 0.1) is 17.5 Å². The predicted molar refractivity (Wildman–Crippen MR) is 160 cm³/mol. The summed E-state index contributed by atoms with van der Waals surface area (Å²) in [5.74, 6) is -0.801. The Morgan fingerprint density at radius 3 is 1.88 bits per heavy atom. The summed E-state index contributed by atoms with van der Waals surface area (Å²) in [6.07, 6.45) is 5.01. The SMILES string of the molecule is CC(=O)C1CCC(C(=O)Oc2ccc(OC(=O)C3CCC(C(C)=O)CC3)c3sc(-c4cc5cc(F)ccc5[nH]4)nc23)CC1. The van der Waals surface area contributed by atoms with Gasteiger partial charge in [-0.05, 0) is 102 Å². The smallest absolute Gasteiger partial charge is 0.314 e. The molecule has 1 N–H and O–H groups in total. The van der Waals surface area contributed by atoms with Crippen molar-refractivity contribution in [3.63, 3.8) is 0 Å². The average Bonchev–Trinajstić information content (AvgIpc) is 3.63. The topological polar surface area (TPSA) is 115 Å². The monoisotopic (exact) mass is 604 g/mol. The average molecular weight is 605 g/mol.